The second-order valence-electron chi connectivity index (χ2n) is 4.68. The van der Waals surface area contributed by atoms with E-state index in [0.29, 0.717) is 16.9 Å². The van der Waals surface area contributed by atoms with Crippen molar-refractivity contribution in [3.05, 3.63) is 28.8 Å². The van der Waals surface area contributed by atoms with Gasteiger partial charge < -0.3 is 9.47 Å². The molecule has 4 nitrogen and oxygen atoms in total. The summed E-state index contributed by atoms with van der Waals surface area (Å²) in [4.78, 5) is 22.2. The maximum atomic E-state index is 11.4. The molecule has 0 saturated heterocycles. The number of hydrogen-bond acceptors (Lipinski definition) is 4. The van der Waals surface area contributed by atoms with E-state index in [1.165, 1.54) is 12.1 Å². The highest BCUT2D eigenvalue weighted by Crippen LogP contribution is 2.22. The number of esters is 1. The summed E-state index contributed by atoms with van der Waals surface area (Å²) in [5.41, 5.74) is -0.231. The van der Waals surface area contributed by atoms with E-state index in [0.717, 1.165) is 0 Å². The molecule has 98 valence electrons. The van der Waals surface area contributed by atoms with Gasteiger partial charge in [0.25, 0.3) is 0 Å². The van der Waals surface area contributed by atoms with Gasteiger partial charge in [-0.3, -0.25) is 4.79 Å². The van der Waals surface area contributed by atoms with Gasteiger partial charge in [-0.15, -0.1) is 0 Å². The van der Waals surface area contributed by atoms with Crippen molar-refractivity contribution in [2.45, 2.75) is 26.4 Å². The van der Waals surface area contributed by atoms with E-state index < -0.39 is 11.6 Å². The van der Waals surface area contributed by atoms with Crippen molar-refractivity contribution < 1.29 is 19.1 Å². The molecule has 0 unspecified atom stereocenters. The molecule has 0 heterocycles. The van der Waals surface area contributed by atoms with Gasteiger partial charge in [0.05, 0.1) is 5.56 Å². The van der Waals surface area contributed by atoms with E-state index in [9.17, 15) is 9.59 Å². The zero-order valence-electron chi connectivity index (χ0n) is 10.5. The first-order chi connectivity index (χ1) is 8.31. The van der Waals surface area contributed by atoms with E-state index >= 15 is 0 Å². The standard InChI is InChI=1S/C13H15ClO4/c1-13(2,3)18-12(16)8-17-11-6-10(14)5-4-9(11)7-15/h4-7H,8H2,1-3H3. The molecule has 0 amide bonds. The number of carbonyl (C=O) groups excluding carboxylic acids is 2. The van der Waals surface area contributed by atoms with Crippen molar-refractivity contribution in [1.82, 2.24) is 0 Å². The molecule has 18 heavy (non-hydrogen) atoms. The van der Waals surface area contributed by atoms with Crippen LogP contribution in [0.5, 0.6) is 5.75 Å². The summed E-state index contributed by atoms with van der Waals surface area (Å²) < 4.78 is 10.3. The molecule has 1 rings (SSSR count). The number of benzene rings is 1. The van der Waals surface area contributed by atoms with Crippen LogP contribution in [0.3, 0.4) is 0 Å². The van der Waals surface area contributed by atoms with Crippen LogP contribution < -0.4 is 4.74 Å². The average molecular weight is 271 g/mol. The van der Waals surface area contributed by atoms with Gasteiger partial charge in [-0.25, -0.2) is 4.79 Å². The van der Waals surface area contributed by atoms with E-state index in [1.807, 2.05) is 0 Å². The Morgan fingerprint density at radius 2 is 2.06 bits per heavy atom. The van der Waals surface area contributed by atoms with Crippen LogP contribution in [0.2, 0.25) is 5.02 Å². The number of hydrogen-bond donors (Lipinski definition) is 0. The third kappa shape index (κ3) is 4.75. The monoisotopic (exact) mass is 270 g/mol. The van der Waals surface area contributed by atoms with E-state index in [2.05, 4.69) is 0 Å². The number of ether oxygens (including phenoxy) is 2. The van der Waals surface area contributed by atoms with Crippen LogP contribution in [-0.2, 0) is 9.53 Å². The quantitative estimate of drug-likeness (QED) is 0.624. The Balaban J connectivity index is 2.66. The molecule has 0 atom stereocenters. The lowest BCUT2D eigenvalue weighted by Crippen LogP contribution is -2.27. The lowest BCUT2D eigenvalue weighted by molar-refractivity contribution is -0.157. The van der Waals surface area contributed by atoms with Crippen LogP contribution in [0.25, 0.3) is 0 Å². The second-order valence-corrected chi connectivity index (χ2v) is 5.11. The first-order valence-corrected chi connectivity index (χ1v) is 5.79. The molecule has 0 aliphatic heterocycles. The first kappa shape index (κ1) is 14.5. The summed E-state index contributed by atoms with van der Waals surface area (Å²) >= 11 is 5.78. The molecule has 5 heteroatoms. The molecule has 0 bridgehead atoms. The SMILES string of the molecule is CC(C)(C)OC(=O)COc1cc(Cl)ccc1C=O. The number of aldehydes is 1. The summed E-state index contributed by atoms with van der Waals surface area (Å²) in [6.45, 7) is 5.03. The minimum absolute atomic E-state index is 0.265. The van der Waals surface area contributed by atoms with Gasteiger partial charge in [0.15, 0.2) is 12.9 Å². The van der Waals surface area contributed by atoms with Gasteiger partial charge in [-0.2, -0.15) is 0 Å². The molecule has 0 spiro atoms. The largest absolute Gasteiger partial charge is 0.481 e. The summed E-state index contributed by atoms with van der Waals surface area (Å²) in [6, 6.07) is 4.58. The van der Waals surface area contributed by atoms with E-state index in [4.69, 9.17) is 21.1 Å². The van der Waals surface area contributed by atoms with Gasteiger partial charge in [-0.1, -0.05) is 11.6 Å². The van der Waals surface area contributed by atoms with Gasteiger partial charge in [0.2, 0.25) is 0 Å². The molecular formula is C13H15ClO4. The predicted octanol–water partition coefficient (Wildman–Crippen LogP) is 2.87. The Bertz CT molecular complexity index is 449. The number of rotatable bonds is 4. The van der Waals surface area contributed by atoms with Crippen molar-refractivity contribution >= 4 is 23.9 Å². The Labute approximate surface area is 111 Å². The van der Waals surface area contributed by atoms with Crippen LogP contribution in [0, 0.1) is 0 Å². The number of carbonyl (C=O) groups is 2. The van der Waals surface area contributed by atoms with Crippen LogP contribution in [0.4, 0.5) is 0 Å². The fourth-order valence-electron chi connectivity index (χ4n) is 1.24. The minimum Gasteiger partial charge on any atom is -0.481 e. The molecule has 0 aliphatic rings. The third-order valence-corrected chi connectivity index (χ3v) is 2.10. The van der Waals surface area contributed by atoms with Crippen LogP contribution in [0.1, 0.15) is 31.1 Å². The van der Waals surface area contributed by atoms with Gasteiger partial charge in [0.1, 0.15) is 11.4 Å². The molecule has 1 aromatic rings. The zero-order valence-corrected chi connectivity index (χ0v) is 11.3. The Morgan fingerprint density at radius 3 is 2.61 bits per heavy atom. The van der Waals surface area contributed by atoms with Gasteiger partial charge in [-0.05, 0) is 39.0 Å². The molecule has 0 N–H and O–H groups in total. The van der Waals surface area contributed by atoms with Crippen molar-refractivity contribution in [3.63, 3.8) is 0 Å². The van der Waals surface area contributed by atoms with Crippen molar-refractivity contribution in [2.75, 3.05) is 6.61 Å². The highest BCUT2D eigenvalue weighted by Gasteiger charge is 2.17. The topological polar surface area (TPSA) is 52.6 Å². The predicted molar refractivity (Wildman–Crippen MR) is 68.2 cm³/mol. The van der Waals surface area contributed by atoms with Crippen molar-refractivity contribution in [3.8, 4) is 5.75 Å². The van der Waals surface area contributed by atoms with Crippen molar-refractivity contribution in [2.24, 2.45) is 0 Å². The summed E-state index contributed by atoms with van der Waals surface area (Å²) in [5.74, 6) is -0.234. The maximum Gasteiger partial charge on any atom is 0.344 e. The Kier molecular flexibility index (Phi) is 4.73. The third-order valence-electron chi connectivity index (χ3n) is 1.87. The molecule has 0 aromatic heterocycles. The summed E-state index contributed by atoms with van der Waals surface area (Å²) in [7, 11) is 0. The molecule has 0 radical (unpaired) electrons. The lowest BCUT2D eigenvalue weighted by atomic mass is 10.2. The fraction of sp³-hybridized carbons (Fsp3) is 0.385. The van der Waals surface area contributed by atoms with Crippen LogP contribution >= 0.6 is 11.6 Å². The maximum absolute atomic E-state index is 11.4. The Morgan fingerprint density at radius 1 is 1.39 bits per heavy atom. The fourth-order valence-corrected chi connectivity index (χ4v) is 1.40. The van der Waals surface area contributed by atoms with Crippen LogP contribution in [0.15, 0.2) is 18.2 Å². The smallest absolute Gasteiger partial charge is 0.344 e. The van der Waals surface area contributed by atoms with E-state index in [-0.39, 0.29) is 12.4 Å². The zero-order chi connectivity index (χ0) is 13.8. The van der Waals surface area contributed by atoms with Gasteiger partial charge >= 0.3 is 5.97 Å². The lowest BCUT2D eigenvalue weighted by Gasteiger charge is -2.19. The average Bonchev–Trinajstić information content (AvgIpc) is 2.24. The highest BCUT2D eigenvalue weighted by atomic mass is 35.5. The Hall–Kier alpha value is -1.55. The molecule has 1 aromatic carbocycles. The van der Waals surface area contributed by atoms with Crippen molar-refractivity contribution in [1.29, 1.82) is 0 Å². The van der Waals surface area contributed by atoms with Crippen LogP contribution in [-0.4, -0.2) is 24.5 Å². The first-order valence-electron chi connectivity index (χ1n) is 5.41. The molecule has 0 saturated carbocycles. The molecular weight excluding hydrogens is 256 g/mol. The normalized spacial score (nSPS) is 10.9. The van der Waals surface area contributed by atoms with E-state index in [1.54, 1.807) is 26.8 Å². The van der Waals surface area contributed by atoms with Gasteiger partial charge in [0, 0.05) is 5.02 Å². The second kappa shape index (κ2) is 5.87. The summed E-state index contributed by atoms with van der Waals surface area (Å²) in [6.07, 6.45) is 0.640. The summed E-state index contributed by atoms with van der Waals surface area (Å²) in [5, 5.41) is 0.430. The number of halogens is 1. The highest BCUT2D eigenvalue weighted by molar-refractivity contribution is 6.30. The molecule has 0 aliphatic carbocycles. The molecule has 0 fully saturated rings. The minimum atomic E-state index is -0.567.